The molecule has 0 amide bonds. The maximum atomic E-state index is 9.44. The van der Waals surface area contributed by atoms with E-state index in [1.165, 1.54) is 0 Å². The van der Waals surface area contributed by atoms with Gasteiger partial charge in [-0.3, -0.25) is 0 Å². The highest BCUT2D eigenvalue weighted by Crippen LogP contribution is 2.29. The Morgan fingerprint density at radius 3 is 0.800 bits per heavy atom. The van der Waals surface area contributed by atoms with Crippen molar-refractivity contribution in [3.8, 4) is 11.5 Å². The molecule has 204 valence electrons. The first-order valence-corrected chi connectivity index (χ1v) is 12.3. The van der Waals surface area contributed by atoms with Crippen molar-refractivity contribution in [3.63, 3.8) is 0 Å². The third-order valence-electron chi connectivity index (χ3n) is 5.74. The highest BCUT2D eigenvalue weighted by Gasteiger charge is 2.01. The molecule has 0 spiro atoms. The van der Waals surface area contributed by atoms with Gasteiger partial charge < -0.3 is 44.6 Å². The Balaban J connectivity index is 0.000000150. The van der Waals surface area contributed by atoms with Gasteiger partial charge in [0.2, 0.25) is 0 Å². The third-order valence-corrected chi connectivity index (χ3v) is 5.74. The molecule has 6 aromatic rings. The van der Waals surface area contributed by atoms with Gasteiger partial charge in [-0.05, 0) is 72.8 Å². The van der Waals surface area contributed by atoms with Gasteiger partial charge in [-0.25, -0.2) is 0 Å². The normalized spacial score (nSPS) is 9.80. The lowest BCUT2D eigenvalue weighted by Crippen LogP contribution is -1.86. The Labute approximate surface area is 233 Å². The van der Waals surface area contributed by atoms with Crippen LogP contribution in [0.15, 0.2) is 121 Å². The van der Waals surface area contributed by atoms with Crippen molar-refractivity contribution in [1.82, 2.24) is 0 Å². The smallest absolute Gasteiger partial charge is 0.123 e. The summed E-state index contributed by atoms with van der Waals surface area (Å²) in [6.45, 7) is 0. The lowest BCUT2D eigenvalue weighted by molar-refractivity contribution is 0.481. The van der Waals surface area contributed by atoms with Crippen LogP contribution in [0.2, 0.25) is 0 Å². The second-order valence-corrected chi connectivity index (χ2v) is 8.77. The number of hydrogen-bond acceptors (Lipinski definition) is 8. The highest BCUT2D eigenvalue weighted by atomic mass is 16.3. The lowest BCUT2D eigenvalue weighted by atomic mass is 10.1. The first-order chi connectivity index (χ1) is 19.2. The van der Waals surface area contributed by atoms with Crippen molar-refractivity contribution in [2.24, 2.45) is 0 Å². The van der Waals surface area contributed by atoms with Gasteiger partial charge >= 0.3 is 0 Å². The predicted octanol–water partition coefficient (Wildman–Crippen LogP) is 5.96. The van der Waals surface area contributed by atoms with Crippen LogP contribution in [0.4, 0.5) is 34.1 Å². The van der Waals surface area contributed by atoms with E-state index in [2.05, 4.69) is 0 Å². The van der Waals surface area contributed by atoms with E-state index in [0.717, 1.165) is 44.3 Å². The zero-order valence-corrected chi connectivity index (χ0v) is 21.9. The predicted molar refractivity (Wildman–Crippen MR) is 171 cm³/mol. The van der Waals surface area contributed by atoms with Crippen molar-refractivity contribution in [2.75, 3.05) is 34.4 Å². The Morgan fingerprint density at radius 2 is 0.550 bits per heavy atom. The summed E-state index contributed by atoms with van der Waals surface area (Å²) in [5.74, 6) is 0.555. The summed E-state index contributed by atoms with van der Waals surface area (Å²) < 4.78 is 0. The van der Waals surface area contributed by atoms with Crippen LogP contribution < -0.4 is 34.4 Å². The fourth-order valence-electron chi connectivity index (χ4n) is 3.60. The average molecular weight is 535 g/mol. The topological polar surface area (TPSA) is 197 Å². The van der Waals surface area contributed by atoms with E-state index in [4.69, 9.17) is 34.4 Å². The molecule has 0 aliphatic rings. The van der Waals surface area contributed by atoms with Crippen LogP contribution in [0.3, 0.4) is 0 Å². The number of phenols is 2. The van der Waals surface area contributed by atoms with E-state index in [1.807, 2.05) is 48.5 Å². The second-order valence-electron chi connectivity index (χ2n) is 8.77. The highest BCUT2D eigenvalue weighted by molar-refractivity contribution is 5.97. The zero-order valence-electron chi connectivity index (χ0n) is 21.9. The molecule has 8 nitrogen and oxygen atoms in total. The standard InChI is InChI=1S/2C10H9NO.2C6H8N2/c2*11-9-5-6-10(12)8-4-2-1-3-7(8)9;2*7-5-1-2-6(8)4-3-5/h2*1-6,12H,11H2;2*1-4H,7-8H2. The monoisotopic (exact) mass is 534 g/mol. The lowest BCUT2D eigenvalue weighted by Gasteiger charge is -2.02. The minimum Gasteiger partial charge on any atom is -0.507 e. The van der Waals surface area contributed by atoms with Crippen LogP contribution in [-0.2, 0) is 0 Å². The molecule has 0 bridgehead atoms. The molecule has 0 atom stereocenters. The number of phenolic OH excluding ortho intramolecular Hbond substituents is 2. The maximum Gasteiger partial charge on any atom is 0.123 e. The zero-order chi connectivity index (χ0) is 29.1. The fourth-order valence-corrected chi connectivity index (χ4v) is 3.60. The van der Waals surface area contributed by atoms with E-state index >= 15 is 0 Å². The molecule has 6 aromatic carbocycles. The van der Waals surface area contributed by atoms with Crippen LogP contribution in [-0.4, -0.2) is 10.2 Å². The first kappa shape index (κ1) is 28.8. The van der Waals surface area contributed by atoms with Crippen LogP contribution >= 0.6 is 0 Å². The summed E-state index contributed by atoms with van der Waals surface area (Å²) in [7, 11) is 0. The summed E-state index contributed by atoms with van der Waals surface area (Å²) in [6.07, 6.45) is 0. The molecule has 14 N–H and O–H groups in total. The molecule has 0 unspecified atom stereocenters. The minimum atomic E-state index is 0.278. The quantitative estimate of drug-likeness (QED) is 0.0862. The van der Waals surface area contributed by atoms with Gasteiger partial charge in [0.05, 0.1) is 0 Å². The van der Waals surface area contributed by atoms with Gasteiger partial charge in [-0.1, -0.05) is 48.5 Å². The van der Waals surface area contributed by atoms with Gasteiger partial charge in [0.25, 0.3) is 0 Å². The van der Waals surface area contributed by atoms with E-state index in [0.29, 0.717) is 11.4 Å². The molecule has 0 saturated carbocycles. The summed E-state index contributed by atoms with van der Waals surface area (Å²) in [5.41, 5.74) is 37.3. The average Bonchev–Trinajstić information content (AvgIpc) is 2.97. The van der Waals surface area contributed by atoms with Gasteiger partial charge in [-0.15, -0.1) is 0 Å². The van der Waals surface area contributed by atoms with Crippen molar-refractivity contribution >= 4 is 55.7 Å². The molecule has 0 saturated heterocycles. The number of nitrogen functional groups attached to an aromatic ring is 6. The molecule has 8 heteroatoms. The number of fused-ring (bicyclic) bond motifs is 2. The Kier molecular flexibility index (Phi) is 9.86. The molecular weight excluding hydrogens is 500 g/mol. The van der Waals surface area contributed by atoms with E-state index in [9.17, 15) is 10.2 Å². The van der Waals surface area contributed by atoms with Crippen molar-refractivity contribution in [2.45, 2.75) is 0 Å². The van der Waals surface area contributed by atoms with Crippen molar-refractivity contribution in [3.05, 3.63) is 121 Å². The number of nitrogens with two attached hydrogens (primary N) is 6. The first-order valence-electron chi connectivity index (χ1n) is 12.3. The molecular formula is C32H34N6O2. The molecule has 6 rings (SSSR count). The molecule has 0 aliphatic heterocycles. The molecule has 0 radical (unpaired) electrons. The van der Waals surface area contributed by atoms with Crippen molar-refractivity contribution in [1.29, 1.82) is 0 Å². The SMILES string of the molecule is Nc1ccc(N)cc1.Nc1ccc(N)cc1.Nc1ccc(O)c2ccccc12.Nc1ccc(O)c2ccccc12. The maximum absolute atomic E-state index is 9.44. The van der Waals surface area contributed by atoms with Crippen LogP contribution in [0.25, 0.3) is 21.5 Å². The van der Waals surface area contributed by atoms with Crippen LogP contribution in [0.1, 0.15) is 0 Å². The summed E-state index contributed by atoms with van der Waals surface area (Å²) >= 11 is 0. The summed E-state index contributed by atoms with van der Waals surface area (Å²) in [5, 5.41) is 22.3. The Morgan fingerprint density at radius 1 is 0.300 bits per heavy atom. The second kappa shape index (κ2) is 13.7. The Hall–Kier alpha value is -5.76. The number of rotatable bonds is 0. The van der Waals surface area contributed by atoms with Crippen LogP contribution in [0.5, 0.6) is 11.5 Å². The van der Waals surface area contributed by atoms with E-state index < -0.39 is 0 Å². The number of aromatic hydroxyl groups is 2. The number of hydrogen-bond donors (Lipinski definition) is 8. The molecule has 0 aliphatic carbocycles. The van der Waals surface area contributed by atoms with Gasteiger partial charge in [-0.2, -0.15) is 0 Å². The molecule has 0 fully saturated rings. The third kappa shape index (κ3) is 8.12. The van der Waals surface area contributed by atoms with Gasteiger partial charge in [0, 0.05) is 55.7 Å². The number of anilines is 6. The molecule has 40 heavy (non-hydrogen) atoms. The van der Waals surface area contributed by atoms with Crippen molar-refractivity contribution < 1.29 is 10.2 Å². The molecule has 0 aromatic heterocycles. The Bertz CT molecular complexity index is 1420. The largest absolute Gasteiger partial charge is 0.507 e. The number of benzene rings is 6. The van der Waals surface area contributed by atoms with E-state index in [1.54, 1.807) is 72.8 Å². The van der Waals surface area contributed by atoms with Gasteiger partial charge in [0.1, 0.15) is 11.5 Å². The fraction of sp³-hybridized carbons (Fsp3) is 0. The minimum absolute atomic E-state index is 0.278. The van der Waals surface area contributed by atoms with Gasteiger partial charge in [0.15, 0.2) is 0 Å². The summed E-state index contributed by atoms with van der Waals surface area (Å²) in [6, 6.07) is 35.9. The van der Waals surface area contributed by atoms with E-state index in [-0.39, 0.29) is 11.5 Å². The van der Waals surface area contributed by atoms with Crippen LogP contribution in [0, 0.1) is 0 Å². The summed E-state index contributed by atoms with van der Waals surface area (Å²) in [4.78, 5) is 0. The molecule has 0 heterocycles.